The third-order valence-corrected chi connectivity index (χ3v) is 4.76. The van der Waals surface area contributed by atoms with Crippen LogP contribution in [0.5, 0.6) is 0 Å². The Balaban J connectivity index is 2.33. The largest absolute Gasteiger partial charge is 0.478 e. The zero-order chi connectivity index (χ0) is 15.4. The zero-order valence-electron chi connectivity index (χ0n) is 12.3. The number of thioether (sulfide) groups is 1. The van der Waals surface area contributed by atoms with Crippen LogP contribution in [-0.2, 0) is 6.54 Å². The number of nitrogens with zero attached hydrogens (tertiary/aromatic N) is 2. The van der Waals surface area contributed by atoms with Crippen LogP contribution in [0.1, 0.15) is 28.0 Å². The lowest BCUT2D eigenvalue weighted by Gasteiger charge is -2.21. The Kier molecular flexibility index (Phi) is 5.25. The summed E-state index contributed by atoms with van der Waals surface area (Å²) in [5.41, 5.74) is 2.07. The minimum Gasteiger partial charge on any atom is -0.478 e. The molecule has 112 valence electrons. The van der Waals surface area contributed by atoms with Crippen molar-refractivity contribution < 1.29 is 9.90 Å². The normalized spacial score (nSPS) is 10.6. The van der Waals surface area contributed by atoms with E-state index in [1.54, 1.807) is 23.1 Å². The molecule has 0 spiro atoms. The quantitative estimate of drug-likeness (QED) is 0.818. The van der Waals surface area contributed by atoms with Gasteiger partial charge in [0.1, 0.15) is 0 Å². The predicted molar refractivity (Wildman–Crippen MR) is 88.8 cm³/mol. The summed E-state index contributed by atoms with van der Waals surface area (Å²) in [5.74, 6) is -0.0403. The molecule has 0 bridgehead atoms. The van der Waals surface area contributed by atoms with Crippen molar-refractivity contribution >= 4 is 34.8 Å². The van der Waals surface area contributed by atoms with Gasteiger partial charge in [-0.15, -0.1) is 23.1 Å². The number of thiazole rings is 1. The molecule has 1 aromatic heterocycles. The highest BCUT2D eigenvalue weighted by atomic mass is 32.2. The lowest BCUT2D eigenvalue weighted by atomic mass is 10.1. The van der Waals surface area contributed by atoms with Crippen molar-refractivity contribution in [3.63, 3.8) is 0 Å². The van der Waals surface area contributed by atoms with Gasteiger partial charge in [-0.3, -0.25) is 0 Å². The van der Waals surface area contributed by atoms with Crippen molar-refractivity contribution in [1.82, 2.24) is 4.98 Å². The van der Waals surface area contributed by atoms with E-state index < -0.39 is 5.97 Å². The van der Waals surface area contributed by atoms with Gasteiger partial charge < -0.3 is 10.0 Å². The molecule has 1 N–H and O–H groups in total. The highest BCUT2D eigenvalue weighted by Gasteiger charge is 2.18. The molecule has 0 amide bonds. The summed E-state index contributed by atoms with van der Waals surface area (Å²) in [6.45, 7) is 4.59. The number of anilines is 1. The highest BCUT2D eigenvalue weighted by Crippen LogP contribution is 2.31. The van der Waals surface area contributed by atoms with Crippen LogP contribution in [0.4, 0.5) is 5.69 Å². The van der Waals surface area contributed by atoms with Gasteiger partial charge in [-0.1, -0.05) is 13.0 Å². The molecule has 0 unspecified atom stereocenters. The van der Waals surface area contributed by atoms with E-state index in [2.05, 4.69) is 4.98 Å². The van der Waals surface area contributed by atoms with Crippen molar-refractivity contribution in [2.75, 3.05) is 17.7 Å². The monoisotopic (exact) mass is 322 g/mol. The van der Waals surface area contributed by atoms with Crippen LogP contribution in [-0.4, -0.2) is 28.9 Å². The van der Waals surface area contributed by atoms with Gasteiger partial charge in [-0.25, -0.2) is 9.78 Å². The van der Waals surface area contributed by atoms with Crippen LogP contribution in [0.3, 0.4) is 0 Å². The topological polar surface area (TPSA) is 53.4 Å². The fourth-order valence-corrected chi connectivity index (χ4v) is 3.56. The summed E-state index contributed by atoms with van der Waals surface area (Å²) in [4.78, 5) is 18.8. The first-order chi connectivity index (χ1) is 10.0. The second kappa shape index (κ2) is 6.95. The minimum absolute atomic E-state index is 0.374. The van der Waals surface area contributed by atoms with Crippen molar-refractivity contribution in [3.8, 4) is 0 Å². The summed E-state index contributed by atoms with van der Waals surface area (Å²) in [6, 6.07) is 5.62. The van der Waals surface area contributed by atoms with E-state index in [4.69, 9.17) is 0 Å². The first kappa shape index (κ1) is 15.9. The summed E-state index contributed by atoms with van der Waals surface area (Å²) in [7, 11) is 1.90. The molecule has 1 heterocycles. The maximum atomic E-state index is 11.6. The summed E-state index contributed by atoms with van der Waals surface area (Å²) >= 11 is 3.16. The average molecular weight is 322 g/mol. The average Bonchev–Trinajstić information content (AvgIpc) is 2.84. The molecular weight excluding hydrogens is 304 g/mol. The van der Waals surface area contributed by atoms with Crippen LogP contribution >= 0.6 is 23.1 Å². The first-order valence-electron chi connectivity index (χ1n) is 6.64. The fourth-order valence-electron chi connectivity index (χ4n) is 2.14. The van der Waals surface area contributed by atoms with Crippen LogP contribution in [0.15, 0.2) is 28.5 Å². The molecule has 0 aliphatic rings. The third-order valence-electron chi connectivity index (χ3n) is 2.99. The highest BCUT2D eigenvalue weighted by molar-refractivity contribution is 7.99. The van der Waals surface area contributed by atoms with E-state index >= 15 is 0 Å². The lowest BCUT2D eigenvalue weighted by Crippen LogP contribution is -2.20. The number of carboxylic acid groups (broad SMARTS) is 1. The second-order valence-electron chi connectivity index (χ2n) is 4.60. The molecule has 0 atom stereocenters. The van der Waals surface area contributed by atoms with Crippen LogP contribution < -0.4 is 4.90 Å². The van der Waals surface area contributed by atoms with E-state index in [9.17, 15) is 9.90 Å². The molecule has 0 radical (unpaired) electrons. The van der Waals surface area contributed by atoms with Crippen LogP contribution in [0.25, 0.3) is 0 Å². The fraction of sp³-hybridized carbons (Fsp3) is 0.333. The maximum absolute atomic E-state index is 11.6. The van der Waals surface area contributed by atoms with E-state index in [0.717, 1.165) is 27.0 Å². The van der Waals surface area contributed by atoms with Gasteiger partial charge in [0.25, 0.3) is 0 Å². The number of hydrogen-bond donors (Lipinski definition) is 1. The molecule has 0 aliphatic carbocycles. The molecule has 0 fully saturated rings. The van der Waals surface area contributed by atoms with Crippen molar-refractivity contribution in [1.29, 1.82) is 0 Å². The first-order valence-corrected chi connectivity index (χ1v) is 8.50. The smallest absolute Gasteiger partial charge is 0.338 e. The molecule has 2 aromatic rings. The van der Waals surface area contributed by atoms with Gasteiger partial charge in [-0.2, -0.15) is 0 Å². The minimum atomic E-state index is -0.886. The van der Waals surface area contributed by atoms with Gasteiger partial charge in [-0.05, 0) is 24.8 Å². The standard InChI is InChI=1S/C15H18N2O2S2/c1-4-20-13-7-5-6-12(14(13)15(18)19)17(3)8-11-9-21-10(2)16-11/h5-7,9H,4,8H2,1-3H3,(H,18,19). The third kappa shape index (κ3) is 3.77. The Bertz CT molecular complexity index is 640. The van der Waals surface area contributed by atoms with Crippen LogP contribution in [0, 0.1) is 6.92 Å². The van der Waals surface area contributed by atoms with Gasteiger partial charge in [0.05, 0.1) is 28.5 Å². The Morgan fingerprint density at radius 2 is 2.24 bits per heavy atom. The van der Waals surface area contributed by atoms with Crippen molar-refractivity contribution in [3.05, 3.63) is 39.8 Å². The summed E-state index contributed by atoms with van der Waals surface area (Å²) < 4.78 is 0. The summed E-state index contributed by atoms with van der Waals surface area (Å²) in [6.07, 6.45) is 0. The van der Waals surface area contributed by atoms with E-state index in [-0.39, 0.29) is 0 Å². The lowest BCUT2D eigenvalue weighted by molar-refractivity contribution is 0.0694. The van der Waals surface area contributed by atoms with Gasteiger partial charge in [0.2, 0.25) is 0 Å². The zero-order valence-corrected chi connectivity index (χ0v) is 13.9. The van der Waals surface area contributed by atoms with E-state index in [1.807, 2.05) is 49.4 Å². The number of carboxylic acids is 1. The SMILES string of the molecule is CCSc1cccc(N(C)Cc2csc(C)n2)c1C(=O)O. The number of carbonyl (C=O) groups is 1. The molecule has 6 heteroatoms. The van der Waals surface area contributed by atoms with Gasteiger partial charge in [0.15, 0.2) is 0 Å². The molecule has 21 heavy (non-hydrogen) atoms. The molecular formula is C15H18N2O2S2. The number of rotatable bonds is 6. The Morgan fingerprint density at radius 3 is 2.81 bits per heavy atom. The van der Waals surface area contributed by atoms with Gasteiger partial charge in [0, 0.05) is 17.3 Å². The van der Waals surface area contributed by atoms with Crippen molar-refractivity contribution in [2.45, 2.75) is 25.3 Å². The van der Waals surface area contributed by atoms with Crippen molar-refractivity contribution in [2.24, 2.45) is 0 Å². The number of aromatic carboxylic acids is 1. The van der Waals surface area contributed by atoms with Gasteiger partial charge >= 0.3 is 5.97 Å². The predicted octanol–water partition coefficient (Wildman–Crippen LogP) is 3.90. The van der Waals surface area contributed by atoms with E-state index in [1.165, 1.54) is 0 Å². The maximum Gasteiger partial charge on any atom is 0.338 e. The Labute approximate surface area is 132 Å². The number of aryl methyl sites for hydroxylation is 1. The molecule has 2 rings (SSSR count). The second-order valence-corrected chi connectivity index (χ2v) is 6.97. The Hall–Kier alpha value is -1.53. The molecule has 0 aliphatic heterocycles. The molecule has 0 saturated heterocycles. The molecule has 4 nitrogen and oxygen atoms in total. The van der Waals surface area contributed by atoms with E-state index in [0.29, 0.717) is 12.1 Å². The molecule has 0 saturated carbocycles. The summed E-state index contributed by atoms with van der Waals surface area (Å²) in [5, 5.41) is 12.6. The van der Waals surface area contributed by atoms with Crippen LogP contribution in [0.2, 0.25) is 0 Å². The number of hydrogen-bond acceptors (Lipinski definition) is 5. The number of aromatic nitrogens is 1. The Morgan fingerprint density at radius 1 is 1.48 bits per heavy atom. The number of benzene rings is 1. The molecule has 1 aromatic carbocycles.